The lowest BCUT2D eigenvalue weighted by Crippen LogP contribution is -2.43. The van der Waals surface area contributed by atoms with Crippen LogP contribution >= 0.6 is 0 Å². The van der Waals surface area contributed by atoms with E-state index in [4.69, 9.17) is 4.74 Å². The molecule has 2 atom stereocenters. The minimum atomic E-state index is -5.04. The molecule has 0 saturated carbocycles. The molecule has 136 valence electrons. The molecule has 1 N–H and O–H groups in total. The number of hydrogen-bond donors (Lipinski definition) is 1. The van der Waals surface area contributed by atoms with Gasteiger partial charge in [-0.1, -0.05) is 0 Å². The molecule has 0 spiro atoms. The number of nitrogens with one attached hydrogen (secondary N) is 1. The number of H-pyrrole nitrogens is 1. The number of nitro groups is 1. The van der Waals surface area contributed by atoms with Gasteiger partial charge < -0.3 is 14.5 Å². The normalized spacial score (nSPS) is 14.1. The zero-order valence-corrected chi connectivity index (χ0v) is 13.3. The van der Waals surface area contributed by atoms with Gasteiger partial charge in [0.25, 0.3) is 0 Å². The summed E-state index contributed by atoms with van der Waals surface area (Å²) in [7, 11) is 1.34. The van der Waals surface area contributed by atoms with Crippen LogP contribution in [0.5, 0.6) is 5.75 Å². The van der Waals surface area contributed by atoms with E-state index in [0.29, 0.717) is 5.52 Å². The molecule has 1 aromatic heterocycles. The lowest BCUT2D eigenvalue weighted by Gasteiger charge is -2.22. The first-order valence-corrected chi connectivity index (χ1v) is 7.22. The van der Waals surface area contributed by atoms with Crippen molar-refractivity contribution in [3.63, 3.8) is 0 Å². The molecule has 2 unspecified atom stereocenters. The van der Waals surface area contributed by atoms with Gasteiger partial charge in [-0.05, 0) is 30.7 Å². The average Bonchev–Trinajstić information content (AvgIpc) is 2.93. The Kier molecular flexibility index (Phi) is 5.19. The SMILES string of the molecule is CCOC(=O)C(C(c1c[nH]c2ccc(OC)cc12)C(F)(F)F)[N+](=O)[O-]. The summed E-state index contributed by atoms with van der Waals surface area (Å²) in [5.74, 6) is -3.92. The molecule has 0 fully saturated rings. The van der Waals surface area contributed by atoms with Crippen LogP contribution in [0.1, 0.15) is 18.4 Å². The van der Waals surface area contributed by atoms with Gasteiger partial charge in [-0.25, -0.2) is 4.79 Å². The summed E-state index contributed by atoms with van der Waals surface area (Å²) in [6.45, 7) is 1.09. The van der Waals surface area contributed by atoms with Crippen LogP contribution in [0.2, 0.25) is 0 Å². The first kappa shape index (κ1) is 18.6. The fourth-order valence-corrected chi connectivity index (χ4v) is 2.60. The summed E-state index contributed by atoms with van der Waals surface area (Å²) in [5, 5.41) is 11.3. The molecule has 0 saturated heterocycles. The Morgan fingerprint density at radius 2 is 2.08 bits per heavy atom. The number of benzene rings is 1. The summed E-state index contributed by atoms with van der Waals surface area (Å²) < 4.78 is 50.4. The molecule has 0 aliphatic rings. The van der Waals surface area contributed by atoms with Crippen LogP contribution < -0.4 is 4.74 Å². The van der Waals surface area contributed by atoms with Crippen molar-refractivity contribution in [3.05, 3.63) is 40.1 Å². The van der Waals surface area contributed by atoms with E-state index >= 15 is 0 Å². The Bertz CT molecular complexity index is 787. The quantitative estimate of drug-likeness (QED) is 0.485. The number of carbonyl (C=O) groups is 1. The minimum absolute atomic E-state index is 0.0813. The Labute approximate surface area is 139 Å². The highest BCUT2D eigenvalue weighted by Gasteiger charge is 2.56. The van der Waals surface area contributed by atoms with Gasteiger partial charge in [0.15, 0.2) is 5.92 Å². The van der Waals surface area contributed by atoms with Crippen LogP contribution in [0.15, 0.2) is 24.4 Å². The maximum Gasteiger partial charge on any atom is 0.403 e. The molecule has 0 aliphatic heterocycles. The Hall–Kier alpha value is -2.78. The maximum atomic E-state index is 13.6. The van der Waals surface area contributed by atoms with E-state index < -0.39 is 34.6 Å². The number of nitrogens with zero attached hydrogens (tertiary/aromatic N) is 1. The second kappa shape index (κ2) is 6.99. The van der Waals surface area contributed by atoms with Crippen molar-refractivity contribution >= 4 is 16.9 Å². The van der Waals surface area contributed by atoms with Gasteiger partial charge in [0.1, 0.15) is 5.75 Å². The standard InChI is InChI=1S/C15H15F3N2O5/c1-3-25-14(21)13(20(22)23)12(15(16,17)18)10-7-19-11-5-4-8(24-2)6-9(10)11/h4-7,12-13,19H,3H2,1-2H3. The van der Waals surface area contributed by atoms with Gasteiger partial charge in [0, 0.05) is 22.0 Å². The number of fused-ring (bicyclic) bond motifs is 1. The topological polar surface area (TPSA) is 94.5 Å². The molecular formula is C15H15F3N2O5. The first-order chi connectivity index (χ1) is 11.7. The Balaban J connectivity index is 2.65. The van der Waals surface area contributed by atoms with Crippen LogP contribution in [-0.4, -0.2) is 41.8 Å². The van der Waals surface area contributed by atoms with Crippen molar-refractivity contribution in [1.82, 2.24) is 4.98 Å². The average molecular weight is 360 g/mol. The van der Waals surface area contributed by atoms with E-state index in [-0.39, 0.29) is 17.7 Å². The van der Waals surface area contributed by atoms with Gasteiger partial charge in [-0.15, -0.1) is 0 Å². The molecule has 0 amide bonds. The monoisotopic (exact) mass is 360 g/mol. The number of esters is 1. The van der Waals surface area contributed by atoms with Gasteiger partial charge in [0.2, 0.25) is 0 Å². The first-order valence-electron chi connectivity index (χ1n) is 7.22. The molecule has 2 rings (SSSR count). The summed E-state index contributed by atoms with van der Waals surface area (Å²) in [4.78, 5) is 24.4. The lowest BCUT2D eigenvalue weighted by molar-refractivity contribution is -0.522. The lowest BCUT2D eigenvalue weighted by atomic mass is 9.90. The highest BCUT2D eigenvalue weighted by atomic mass is 19.4. The third-order valence-corrected chi connectivity index (χ3v) is 3.68. The van der Waals surface area contributed by atoms with E-state index in [1.807, 2.05) is 0 Å². The zero-order chi connectivity index (χ0) is 18.8. The summed E-state index contributed by atoms with van der Waals surface area (Å²) >= 11 is 0. The molecule has 2 aromatic rings. The number of methoxy groups -OCH3 is 1. The fraction of sp³-hybridized carbons (Fsp3) is 0.400. The maximum absolute atomic E-state index is 13.6. The van der Waals surface area contributed by atoms with Crippen molar-refractivity contribution in [1.29, 1.82) is 0 Å². The van der Waals surface area contributed by atoms with E-state index in [1.165, 1.54) is 32.2 Å². The molecule has 1 heterocycles. The van der Waals surface area contributed by atoms with E-state index in [2.05, 4.69) is 9.72 Å². The van der Waals surface area contributed by atoms with Gasteiger partial charge in [0.05, 0.1) is 13.7 Å². The third-order valence-electron chi connectivity index (χ3n) is 3.68. The largest absolute Gasteiger partial charge is 0.497 e. The Morgan fingerprint density at radius 3 is 2.60 bits per heavy atom. The molecule has 1 aromatic carbocycles. The summed E-state index contributed by atoms with van der Waals surface area (Å²) in [6, 6.07) is 1.73. The van der Waals surface area contributed by atoms with Gasteiger partial charge in [-0.2, -0.15) is 13.2 Å². The molecule has 25 heavy (non-hydrogen) atoms. The smallest absolute Gasteiger partial charge is 0.403 e. The van der Waals surface area contributed by atoms with Crippen LogP contribution in [0.3, 0.4) is 0 Å². The fourth-order valence-electron chi connectivity index (χ4n) is 2.60. The molecule has 10 heteroatoms. The number of hydrogen-bond acceptors (Lipinski definition) is 5. The minimum Gasteiger partial charge on any atom is -0.497 e. The third kappa shape index (κ3) is 3.67. The zero-order valence-electron chi connectivity index (χ0n) is 13.3. The second-order valence-corrected chi connectivity index (χ2v) is 5.16. The van der Waals surface area contributed by atoms with Crippen molar-refractivity contribution in [3.8, 4) is 5.75 Å². The van der Waals surface area contributed by atoms with E-state index in [1.54, 1.807) is 0 Å². The van der Waals surface area contributed by atoms with Gasteiger partial charge in [-0.3, -0.25) is 10.1 Å². The van der Waals surface area contributed by atoms with Crippen molar-refractivity contribution < 1.29 is 32.4 Å². The number of alkyl halides is 3. The highest BCUT2D eigenvalue weighted by Crippen LogP contribution is 2.42. The predicted octanol–water partition coefficient (Wildman–Crippen LogP) is 3.03. The number of carbonyl (C=O) groups excluding carboxylic acids is 1. The molecule has 7 nitrogen and oxygen atoms in total. The number of aromatic nitrogens is 1. The number of aromatic amines is 1. The number of rotatable bonds is 6. The predicted molar refractivity (Wildman–Crippen MR) is 81.1 cm³/mol. The van der Waals surface area contributed by atoms with Crippen LogP contribution in [-0.2, 0) is 9.53 Å². The summed E-state index contributed by atoms with van der Waals surface area (Å²) in [6.07, 6.45) is -4.03. The molecule has 0 bridgehead atoms. The van der Waals surface area contributed by atoms with Crippen molar-refractivity contribution in [2.75, 3.05) is 13.7 Å². The van der Waals surface area contributed by atoms with E-state index in [9.17, 15) is 28.1 Å². The van der Waals surface area contributed by atoms with E-state index in [0.717, 1.165) is 6.20 Å². The van der Waals surface area contributed by atoms with Crippen LogP contribution in [0.25, 0.3) is 10.9 Å². The molecular weight excluding hydrogens is 345 g/mol. The van der Waals surface area contributed by atoms with Gasteiger partial charge >= 0.3 is 18.2 Å². The molecule has 0 aliphatic carbocycles. The molecule has 0 radical (unpaired) electrons. The number of ether oxygens (including phenoxy) is 2. The van der Waals surface area contributed by atoms with Crippen molar-refractivity contribution in [2.45, 2.75) is 25.1 Å². The summed E-state index contributed by atoms with van der Waals surface area (Å²) in [5.41, 5.74) is -0.0906. The van der Waals surface area contributed by atoms with Crippen molar-refractivity contribution in [2.24, 2.45) is 0 Å². The van der Waals surface area contributed by atoms with Crippen LogP contribution in [0.4, 0.5) is 13.2 Å². The Morgan fingerprint density at radius 1 is 1.40 bits per heavy atom. The number of halogens is 3. The highest BCUT2D eigenvalue weighted by molar-refractivity contribution is 5.87. The van der Waals surface area contributed by atoms with Crippen LogP contribution in [0, 0.1) is 10.1 Å². The second-order valence-electron chi connectivity index (χ2n) is 5.16.